The minimum absolute atomic E-state index is 0. The summed E-state index contributed by atoms with van der Waals surface area (Å²) in [6.07, 6.45) is 3.64. The second-order valence-corrected chi connectivity index (χ2v) is 6.50. The predicted molar refractivity (Wildman–Crippen MR) is 93.8 cm³/mol. The van der Waals surface area contributed by atoms with Gasteiger partial charge in [0, 0.05) is 33.1 Å². The topological polar surface area (TPSA) is 55.9 Å². The lowest BCUT2D eigenvalue weighted by Gasteiger charge is -2.37. The Morgan fingerprint density at radius 3 is 2.09 bits per heavy atom. The molecule has 1 N–H and O–H groups in total. The molecule has 2 saturated heterocycles. The molecule has 2 heterocycles. The number of carbonyl (C=O) groups is 2. The highest BCUT2D eigenvalue weighted by Crippen LogP contribution is 2.20. The number of hydrogen-bond acceptors (Lipinski definition) is 4. The van der Waals surface area contributed by atoms with Gasteiger partial charge in [-0.05, 0) is 51.9 Å². The first-order chi connectivity index (χ1) is 10.6. The minimum atomic E-state index is 0. The molecule has 2 amide bonds. The lowest BCUT2D eigenvalue weighted by Crippen LogP contribution is -2.52. The molecule has 2 aliphatic heterocycles. The van der Waals surface area contributed by atoms with Crippen LogP contribution in [0.15, 0.2) is 0 Å². The first kappa shape index (κ1) is 20.2. The van der Waals surface area contributed by atoms with Gasteiger partial charge in [-0.2, -0.15) is 0 Å². The Kier molecular flexibility index (Phi) is 8.87. The second-order valence-electron chi connectivity index (χ2n) is 6.50. The van der Waals surface area contributed by atoms with Crippen LogP contribution in [0.1, 0.15) is 26.2 Å². The molecule has 6 nitrogen and oxygen atoms in total. The highest BCUT2D eigenvalue weighted by molar-refractivity contribution is 5.85. The SMILES string of the molecule is CNCCC1CCN(CC(=O)N2CCN(C(C)=O)CC2)CC1.Cl. The second kappa shape index (κ2) is 10.1. The van der Waals surface area contributed by atoms with Gasteiger partial charge < -0.3 is 15.1 Å². The zero-order valence-electron chi connectivity index (χ0n) is 14.4. The van der Waals surface area contributed by atoms with Gasteiger partial charge in [0.2, 0.25) is 11.8 Å². The van der Waals surface area contributed by atoms with E-state index >= 15 is 0 Å². The molecule has 0 bridgehead atoms. The predicted octanol–water partition coefficient (Wildman–Crippen LogP) is 0.420. The van der Waals surface area contributed by atoms with E-state index in [1.165, 1.54) is 19.3 Å². The quantitative estimate of drug-likeness (QED) is 0.784. The van der Waals surface area contributed by atoms with Crippen molar-refractivity contribution in [2.75, 3.05) is 59.4 Å². The summed E-state index contributed by atoms with van der Waals surface area (Å²) in [5, 5.41) is 3.21. The van der Waals surface area contributed by atoms with E-state index < -0.39 is 0 Å². The number of carbonyl (C=O) groups excluding carboxylic acids is 2. The van der Waals surface area contributed by atoms with Crippen LogP contribution in [-0.4, -0.2) is 85.9 Å². The molecule has 0 spiro atoms. The van der Waals surface area contributed by atoms with Crippen LogP contribution < -0.4 is 5.32 Å². The van der Waals surface area contributed by atoms with E-state index in [-0.39, 0.29) is 24.2 Å². The van der Waals surface area contributed by atoms with Crippen LogP contribution in [0.3, 0.4) is 0 Å². The third kappa shape index (κ3) is 6.28. The third-order valence-electron chi connectivity index (χ3n) is 4.95. The summed E-state index contributed by atoms with van der Waals surface area (Å²) in [6, 6.07) is 0. The van der Waals surface area contributed by atoms with Gasteiger partial charge in [0.1, 0.15) is 0 Å². The average molecular weight is 347 g/mol. The zero-order chi connectivity index (χ0) is 15.9. The Morgan fingerprint density at radius 2 is 1.57 bits per heavy atom. The fourth-order valence-electron chi connectivity index (χ4n) is 3.34. The summed E-state index contributed by atoms with van der Waals surface area (Å²) in [7, 11) is 2.00. The van der Waals surface area contributed by atoms with Gasteiger partial charge in [-0.15, -0.1) is 12.4 Å². The number of amides is 2. The van der Waals surface area contributed by atoms with Crippen molar-refractivity contribution in [1.29, 1.82) is 0 Å². The fraction of sp³-hybridized carbons (Fsp3) is 0.875. The van der Waals surface area contributed by atoms with E-state index in [1.807, 2.05) is 16.8 Å². The van der Waals surface area contributed by atoms with Crippen molar-refractivity contribution in [3.05, 3.63) is 0 Å². The van der Waals surface area contributed by atoms with Gasteiger partial charge >= 0.3 is 0 Å². The van der Waals surface area contributed by atoms with Crippen molar-refractivity contribution in [3.8, 4) is 0 Å². The molecule has 0 aromatic rings. The van der Waals surface area contributed by atoms with Crippen LogP contribution in [0, 0.1) is 5.92 Å². The van der Waals surface area contributed by atoms with Crippen LogP contribution >= 0.6 is 12.4 Å². The van der Waals surface area contributed by atoms with Crippen LogP contribution in [-0.2, 0) is 9.59 Å². The van der Waals surface area contributed by atoms with Crippen molar-refractivity contribution >= 4 is 24.2 Å². The van der Waals surface area contributed by atoms with E-state index in [9.17, 15) is 9.59 Å². The maximum atomic E-state index is 12.4. The molecule has 2 rings (SSSR count). The summed E-state index contributed by atoms with van der Waals surface area (Å²) in [5.41, 5.74) is 0. The minimum Gasteiger partial charge on any atom is -0.339 e. The number of likely N-dealkylation sites (tertiary alicyclic amines) is 1. The highest BCUT2D eigenvalue weighted by Gasteiger charge is 2.25. The van der Waals surface area contributed by atoms with Gasteiger partial charge in [0.15, 0.2) is 0 Å². The molecule has 134 valence electrons. The molecule has 0 aliphatic carbocycles. The summed E-state index contributed by atoms with van der Waals surface area (Å²) in [4.78, 5) is 29.7. The molecular weight excluding hydrogens is 316 g/mol. The van der Waals surface area contributed by atoms with E-state index in [2.05, 4.69) is 10.2 Å². The molecule has 0 aromatic carbocycles. The summed E-state index contributed by atoms with van der Waals surface area (Å²) in [6.45, 7) is 7.99. The van der Waals surface area contributed by atoms with Crippen molar-refractivity contribution in [2.24, 2.45) is 5.92 Å². The Hall–Kier alpha value is -0.850. The van der Waals surface area contributed by atoms with Crippen molar-refractivity contribution < 1.29 is 9.59 Å². The molecule has 0 saturated carbocycles. The van der Waals surface area contributed by atoms with E-state index in [0.717, 1.165) is 25.6 Å². The molecule has 0 aromatic heterocycles. The maximum Gasteiger partial charge on any atom is 0.236 e. The van der Waals surface area contributed by atoms with Gasteiger partial charge in [0.25, 0.3) is 0 Å². The number of nitrogens with one attached hydrogen (secondary N) is 1. The lowest BCUT2D eigenvalue weighted by atomic mass is 9.93. The summed E-state index contributed by atoms with van der Waals surface area (Å²) >= 11 is 0. The molecule has 23 heavy (non-hydrogen) atoms. The smallest absolute Gasteiger partial charge is 0.236 e. The molecule has 0 radical (unpaired) electrons. The Bertz CT molecular complexity index is 378. The fourth-order valence-corrected chi connectivity index (χ4v) is 3.34. The Balaban J connectivity index is 0.00000264. The number of piperazine rings is 1. The molecule has 7 heteroatoms. The van der Waals surface area contributed by atoms with E-state index in [1.54, 1.807) is 6.92 Å². The average Bonchev–Trinajstić information content (AvgIpc) is 2.54. The Morgan fingerprint density at radius 1 is 1.00 bits per heavy atom. The molecule has 0 atom stereocenters. The molecular formula is C16H31ClN4O2. The Labute approximate surface area is 146 Å². The maximum absolute atomic E-state index is 12.4. The van der Waals surface area contributed by atoms with Crippen molar-refractivity contribution in [1.82, 2.24) is 20.0 Å². The number of nitrogens with zero attached hydrogens (tertiary/aromatic N) is 3. The molecule has 2 fully saturated rings. The molecule has 2 aliphatic rings. The standard InChI is InChI=1S/C16H30N4O2.ClH/c1-14(21)19-9-11-20(12-10-19)16(22)13-18-7-4-15(5-8-18)3-6-17-2;/h15,17H,3-13H2,1-2H3;1H. The third-order valence-corrected chi connectivity index (χ3v) is 4.95. The number of halogens is 1. The highest BCUT2D eigenvalue weighted by atomic mass is 35.5. The van der Waals surface area contributed by atoms with Crippen molar-refractivity contribution in [2.45, 2.75) is 26.2 Å². The monoisotopic (exact) mass is 346 g/mol. The summed E-state index contributed by atoms with van der Waals surface area (Å²) < 4.78 is 0. The van der Waals surface area contributed by atoms with Gasteiger partial charge in [-0.1, -0.05) is 0 Å². The van der Waals surface area contributed by atoms with Crippen LogP contribution in [0.2, 0.25) is 0 Å². The first-order valence-corrected chi connectivity index (χ1v) is 8.50. The summed E-state index contributed by atoms with van der Waals surface area (Å²) in [5.74, 6) is 1.13. The van der Waals surface area contributed by atoms with E-state index in [4.69, 9.17) is 0 Å². The van der Waals surface area contributed by atoms with Gasteiger partial charge in [-0.25, -0.2) is 0 Å². The zero-order valence-corrected chi connectivity index (χ0v) is 15.2. The first-order valence-electron chi connectivity index (χ1n) is 8.50. The number of rotatable bonds is 5. The van der Waals surface area contributed by atoms with Crippen molar-refractivity contribution in [3.63, 3.8) is 0 Å². The van der Waals surface area contributed by atoms with Crippen LogP contribution in [0.4, 0.5) is 0 Å². The van der Waals surface area contributed by atoms with E-state index in [0.29, 0.717) is 32.7 Å². The lowest BCUT2D eigenvalue weighted by molar-refractivity contribution is -0.139. The normalized spacial score (nSPS) is 20.3. The largest absolute Gasteiger partial charge is 0.339 e. The number of hydrogen-bond donors (Lipinski definition) is 1. The number of piperidine rings is 1. The van der Waals surface area contributed by atoms with Crippen LogP contribution in [0.5, 0.6) is 0 Å². The van der Waals surface area contributed by atoms with Gasteiger partial charge in [0.05, 0.1) is 6.54 Å². The van der Waals surface area contributed by atoms with Gasteiger partial charge in [-0.3, -0.25) is 14.5 Å². The van der Waals surface area contributed by atoms with Crippen LogP contribution in [0.25, 0.3) is 0 Å². The molecule has 0 unspecified atom stereocenters.